The summed E-state index contributed by atoms with van der Waals surface area (Å²) in [6, 6.07) is 17.1. The molecule has 0 radical (unpaired) electrons. The van der Waals surface area contributed by atoms with Crippen molar-refractivity contribution < 1.29 is 19.0 Å². The predicted octanol–water partition coefficient (Wildman–Crippen LogP) is 4.83. The largest absolute Gasteiger partial charge is 0.444 e. The molecule has 1 saturated heterocycles. The van der Waals surface area contributed by atoms with Crippen LogP contribution < -0.4 is 9.47 Å². The second-order valence-electron chi connectivity index (χ2n) is 8.75. The number of amides is 1. The molecule has 6 nitrogen and oxygen atoms in total. The molecular formula is C24H26N2O4. The highest BCUT2D eigenvalue weighted by Crippen LogP contribution is 2.50. The third kappa shape index (κ3) is 3.80. The van der Waals surface area contributed by atoms with Gasteiger partial charge in [-0.25, -0.2) is 4.79 Å². The molecule has 2 heterocycles. The Labute approximate surface area is 177 Å². The molecular weight excluding hydrogens is 380 g/mol. The molecule has 0 spiro atoms. The van der Waals surface area contributed by atoms with Gasteiger partial charge in [0.2, 0.25) is 0 Å². The molecule has 2 aromatic rings. The van der Waals surface area contributed by atoms with Gasteiger partial charge in [0.15, 0.2) is 11.5 Å². The number of ether oxygens (including phenoxy) is 3. The first-order valence-corrected chi connectivity index (χ1v) is 10.3. The van der Waals surface area contributed by atoms with Crippen LogP contribution in [0.2, 0.25) is 0 Å². The smallest absolute Gasteiger partial charge is 0.410 e. The van der Waals surface area contributed by atoms with E-state index in [0.29, 0.717) is 43.0 Å². The molecule has 0 bridgehead atoms. The number of para-hydroxylation sites is 2. The summed E-state index contributed by atoms with van der Waals surface area (Å²) in [4.78, 5) is 14.2. The number of carbonyl (C=O) groups is 1. The van der Waals surface area contributed by atoms with E-state index in [2.05, 4.69) is 6.07 Å². The number of likely N-dealkylation sites (tertiary alicyclic amines) is 1. The van der Waals surface area contributed by atoms with Crippen molar-refractivity contribution in [2.75, 3.05) is 13.1 Å². The van der Waals surface area contributed by atoms with E-state index in [1.165, 1.54) is 0 Å². The van der Waals surface area contributed by atoms with Gasteiger partial charge in [0.1, 0.15) is 5.60 Å². The number of piperidine rings is 1. The van der Waals surface area contributed by atoms with Gasteiger partial charge in [0.05, 0.1) is 11.6 Å². The topological polar surface area (TPSA) is 71.8 Å². The minimum atomic E-state index is -0.975. The maximum absolute atomic E-state index is 12.5. The highest BCUT2D eigenvalue weighted by molar-refractivity contribution is 5.68. The van der Waals surface area contributed by atoms with Crippen molar-refractivity contribution in [1.29, 1.82) is 5.26 Å². The second-order valence-corrected chi connectivity index (χ2v) is 8.75. The monoisotopic (exact) mass is 406 g/mol. The quantitative estimate of drug-likeness (QED) is 0.714. The van der Waals surface area contributed by atoms with Crippen molar-refractivity contribution in [3.05, 3.63) is 59.7 Å². The molecule has 30 heavy (non-hydrogen) atoms. The van der Waals surface area contributed by atoms with Gasteiger partial charge in [-0.3, -0.25) is 0 Å². The summed E-state index contributed by atoms with van der Waals surface area (Å²) in [7, 11) is 0. The Hall–Kier alpha value is -3.20. The molecule has 4 rings (SSSR count). The fourth-order valence-corrected chi connectivity index (χ4v) is 4.03. The number of rotatable bonds is 2. The summed E-state index contributed by atoms with van der Waals surface area (Å²) in [5.41, 5.74) is 0.939. The van der Waals surface area contributed by atoms with Crippen molar-refractivity contribution in [3.63, 3.8) is 0 Å². The Kier molecular flexibility index (Phi) is 5.07. The van der Waals surface area contributed by atoms with E-state index >= 15 is 0 Å². The lowest BCUT2D eigenvalue weighted by Crippen LogP contribution is -2.50. The Morgan fingerprint density at radius 2 is 1.63 bits per heavy atom. The van der Waals surface area contributed by atoms with E-state index in [9.17, 15) is 4.79 Å². The van der Waals surface area contributed by atoms with Crippen molar-refractivity contribution >= 4 is 6.09 Å². The maximum atomic E-state index is 12.5. The molecule has 0 aromatic heterocycles. The van der Waals surface area contributed by atoms with Crippen LogP contribution in [0.1, 0.15) is 44.7 Å². The van der Waals surface area contributed by atoms with E-state index in [4.69, 9.17) is 19.5 Å². The lowest BCUT2D eigenvalue weighted by molar-refractivity contribution is -0.148. The average Bonchev–Trinajstić information content (AvgIpc) is 3.13. The molecule has 2 aliphatic rings. The number of carbonyl (C=O) groups excluding carboxylic acids is 1. The van der Waals surface area contributed by atoms with Gasteiger partial charge in [-0.2, -0.15) is 5.26 Å². The fourth-order valence-electron chi connectivity index (χ4n) is 4.03. The van der Waals surface area contributed by atoms with Gasteiger partial charge >= 0.3 is 6.09 Å². The zero-order valence-electron chi connectivity index (χ0n) is 17.6. The van der Waals surface area contributed by atoms with Gasteiger partial charge in [-0.15, -0.1) is 0 Å². The van der Waals surface area contributed by atoms with Crippen molar-refractivity contribution in [3.8, 4) is 17.6 Å². The maximum Gasteiger partial charge on any atom is 0.410 e. The third-order valence-corrected chi connectivity index (χ3v) is 5.47. The van der Waals surface area contributed by atoms with Crippen LogP contribution in [0.5, 0.6) is 11.5 Å². The first-order chi connectivity index (χ1) is 14.3. The number of nitriles is 1. The summed E-state index contributed by atoms with van der Waals surface area (Å²) in [5, 5.41) is 9.15. The van der Waals surface area contributed by atoms with Crippen molar-refractivity contribution in [2.45, 2.75) is 45.0 Å². The SMILES string of the molecule is CC(C)(C)OC(=O)N1CCC(C2(c3ccc(C#N)cc3)Oc3ccccc3O2)CC1. The van der Waals surface area contributed by atoms with Gasteiger partial charge in [-0.05, 0) is 70.0 Å². The molecule has 6 heteroatoms. The molecule has 156 valence electrons. The molecule has 0 N–H and O–H groups in total. The molecule has 2 aliphatic heterocycles. The zero-order valence-corrected chi connectivity index (χ0v) is 17.6. The van der Waals surface area contributed by atoms with Crippen LogP contribution in [0.25, 0.3) is 0 Å². The zero-order chi connectivity index (χ0) is 21.4. The molecule has 0 unspecified atom stereocenters. The van der Waals surface area contributed by atoms with Crippen LogP contribution in [0.4, 0.5) is 4.79 Å². The van der Waals surface area contributed by atoms with Crippen LogP contribution in [0.3, 0.4) is 0 Å². The Morgan fingerprint density at radius 1 is 1.07 bits per heavy atom. The predicted molar refractivity (Wildman–Crippen MR) is 111 cm³/mol. The van der Waals surface area contributed by atoms with Gasteiger partial charge in [0, 0.05) is 24.6 Å². The lowest BCUT2D eigenvalue weighted by Gasteiger charge is -2.41. The molecule has 0 atom stereocenters. The first-order valence-electron chi connectivity index (χ1n) is 10.3. The number of hydrogen-bond acceptors (Lipinski definition) is 5. The van der Waals surface area contributed by atoms with Gasteiger partial charge in [-0.1, -0.05) is 12.1 Å². The normalized spacial score (nSPS) is 18.0. The summed E-state index contributed by atoms with van der Waals surface area (Å²) in [5.74, 6) is 0.474. The minimum Gasteiger partial charge on any atom is -0.444 e. The van der Waals surface area contributed by atoms with Crippen LogP contribution in [0.15, 0.2) is 48.5 Å². The summed E-state index contributed by atoms with van der Waals surface area (Å²) in [6.07, 6.45) is 1.14. The number of nitrogens with zero attached hydrogens (tertiary/aromatic N) is 2. The number of fused-ring (bicyclic) bond motifs is 1. The molecule has 1 amide bonds. The first kappa shape index (κ1) is 20.1. The van der Waals surface area contributed by atoms with Crippen LogP contribution >= 0.6 is 0 Å². The van der Waals surface area contributed by atoms with Crippen LogP contribution in [-0.4, -0.2) is 29.7 Å². The van der Waals surface area contributed by atoms with Crippen molar-refractivity contribution in [2.24, 2.45) is 5.92 Å². The molecule has 1 fully saturated rings. The summed E-state index contributed by atoms with van der Waals surface area (Å²) >= 11 is 0. The van der Waals surface area contributed by atoms with Gasteiger partial charge < -0.3 is 19.1 Å². The summed E-state index contributed by atoms with van der Waals surface area (Å²) in [6.45, 7) is 6.75. The van der Waals surface area contributed by atoms with E-state index < -0.39 is 11.4 Å². The standard InChI is InChI=1S/C24H26N2O4/c1-23(2,3)30-22(27)26-14-12-19(13-15-26)24(18-10-8-17(16-25)9-11-18)28-20-6-4-5-7-21(20)29-24/h4-11,19H,12-15H2,1-3H3. The Balaban J connectivity index is 1.58. The van der Waals surface area contributed by atoms with E-state index in [-0.39, 0.29) is 12.0 Å². The Bertz CT molecular complexity index is 939. The number of benzene rings is 2. The highest BCUT2D eigenvalue weighted by atomic mass is 16.7. The van der Waals surface area contributed by atoms with Crippen molar-refractivity contribution in [1.82, 2.24) is 4.90 Å². The van der Waals surface area contributed by atoms with Gasteiger partial charge in [0.25, 0.3) is 5.79 Å². The minimum absolute atomic E-state index is 0.0384. The highest BCUT2D eigenvalue weighted by Gasteiger charge is 2.51. The molecule has 2 aromatic carbocycles. The number of hydrogen-bond donors (Lipinski definition) is 0. The average molecular weight is 406 g/mol. The van der Waals surface area contributed by atoms with Crippen LogP contribution in [-0.2, 0) is 10.5 Å². The van der Waals surface area contributed by atoms with E-state index in [1.807, 2.05) is 57.2 Å². The van der Waals surface area contributed by atoms with Crippen LogP contribution in [0, 0.1) is 17.2 Å². The lowest BCUT2D eigenvalue weighted by atomic mass is 9.83. The second kappa shape index (κ2) is 7.56. The molecule has 0 saturated carbocycles. The Morgan fingerprint density at radius 3 is 2.13 bits per heavy atom. The third-order valence-electron chi connectivity index (χ3n) is 5.47. The fraction of sp³-hybridized carbons (Fsp3) is 0.417. The van der Waals surface area contributed by atoms with E-state index in [1.54, 1.807) is 17.0 Å². The van der Waals surface area contributed by atoms with E-state index in [0.717, 1.165) is 5.56 Å². The summed E-state index contributed by atoms with van der Waals surface area (Å²) < 4.78 is 18.4. The molecule has 0 aliphatic carbocycles.